The molecule has 0 aromatic carbocycles. The Labute approximate surface area is 211 Å². The van der Waals surface area contributed by atoms with Crippen LogP contribution in [0.5, 0.6) is 0 Å². The van der Waals surface area contributed by atoms with Gasteiger partial charge in [-0.2, -0.15) is 0 Å². The van der Waals surface area contributed by atoms with Crippen molar-refractivity contribution in [1.29, 1.82) is 0 Å². The Morgan fingerprint density at radius 1 is 1.11 bits per heavy atom. The molecule has 3 aliphatic rings. The van der Waals surface area contributed by atoms with Crippen molar-refractivity contribution in [3.05, 3.63) is 70.5 Å². The Bertz CT molecular complexity index is 1160. The average Bonchev–Trinajstić information content (AvgIpc) is 3.01. The number of ether oxygens (including phenoxy) is 1. The maximum atomic E-state index is 13.5. The highest BCUT2D eigenvalue weighted by atomic mass is 16.7. The zero-order valence-corrected chi connectivity index (χ0v) is 21.6. The van der Waals surface area contributed by atoms with Gasteiger partial charge in [-0.1, -0.05) is 30.4 Å². The van der Waals surface area contributed by atoms with E-state index in [-0.39, 0.29) is 23.1 Å². The van der Waals surface area contributed by atoms with Crippen molar-refractivity contribution in [2.45, 2.75) is 77.8 Å². The van der Waals surface area contributed by atoms with E-state index in [2.05, 4.69) is 0 Å². The van der Waals surface area contributed by atoms with Crippen molar-refractivity contribution >= 4 is 11.6 Å². The lowest BCUT2D eigenvalue weighted by atomic mass is 9.54. The van der Waals surface area contributed by atoms with Crippen molar-refractivity contribution < 1.29 is 39.9 Å². The Kier molecular flexibility index (Phi) is 7.05. The summed E-state index contributed by atoms with van der Waals surface area (Å²) >= 11 is 0. The van der Waals surface area contributed by atoms with E-state index in [0.29, 0.717) is 6.42 Å². The molecule has 1 fully saturated rings. The molecule has 3 rings (SSSR count). The summed E-state index contributed by atoms with van der Waals surface area (Å²) in [5.41, 5.74) is -6.32. The molecule has 5 N–H and O–H groups in total. The predicted molar refractivity (Wildman–Crippen MR) is 134 cm³/mol. The van der Waals surface area contributed by atoms with Gasteiger partial charge in [0.15, 0.2) is 11.6 Å². The first-order valence-electron chi connectivity index (χ1n) is 12.0. The molecule has 5 unspecified atom stereocenters. The van der Waals surface area contributed by atoms with E-state index in [0.717, 1.165) is 0 Å². The van der Waals surface area contributed by atoms with Gasteiger partial charge in [0.1, 0.15) is 28.5 Å². The first-order valence-corrected chi connectivity index (χ1v) is 12.0. The molecule has 1 aliphatic heterocycles. The summed E-state index contributed by atoms with van der Waals surface area (Å²) in [7, 11) is 0. The zero-order chi connectivity index (χ0) is 27.3. The van der Waals surface area contributed by atoms with Crippen LogP contribution in [0.15, 0.2) is 70.5 Å². The second-order valence-electron chi connectivity index (χ2n) is 10.3. The first-order chi connectivity index (χ1) is 16.7. The molecule has 0 amide bonds. The van der Waals surface area contributed by atoms with Crippen LogP contribution in [0.3, 0.4) is 0 Å². The second-order valence-corrected chi connectivity index (χ2v) is 10.3. The van der Waals surface area contributed by atoms with E-state index in [4.69, 9.17) is 4.74 Å². The summed E-state index contributed by atoms with van der Waals surface area (Å²) in [4.78, 5) is 26.6. The van der Waals surface area contributed by atoms with Crippen LogP contribution in [-0.4, -0.2) is 54.1 Å². The monoisotopic (exact) mass is 500 g/mol. The van der Waals surface area contributed by atoms with Crippen molar-refractivity contribution in [3.8, 4) is 0 Å². The summed E-state index contributed by atoms with van der Waals surface area (Å²) in [5.74, 6) is -6.48. The van der Waals surface area contributed by atoms with Gasteiger partial charge in [-0.3, -0.25) is 9.59 Å². The molecule has 36 heavy (non-hydrogen) atoms. The van der Waals surface area contributed by atoms with Gasteiger partial charge in [-0.25, -0.2) is 0 Å². The number of hydrogen-bond acceptors (Lipinski definition) is 8. The summed E-state index contributed by atoms with van der Waals surface area (Å²) in [5, 5.41) is 57.0. The molecule has 0 aromatic heterocycles. The van der Waals surface area contributed by atoms with Crippen LogP contribution in [0.1, 0.15) is 60.8 Å². The molecular weight excluding hydrogens is 464 g/mol. The van der Waals surface area contributed by atoms with Crippen LogP contribution in [0, 0.1) is 11.3 Å². The maximum absolute atomic E-state index is 13.5. The molecule has 0 spiro atoms. The van der Waals surface area contributed by atoms with Gasteiger partial charge in [-0.05, 0) is 54.0 Å². The van der Waals surface area contributed by atoms with Crippen molar-refractivity contribution in [3.63, 3.8) is 0 Å². The SMILES string of the molecule is CC=CC=CC(O)=C1C(O)=C(C)C(=O)C2(C)OC3(O)C(C)(O)CC(C(=O)CCC=CC)=C(O)C3(C)C12. The van der Waals surface area contributed by atoms with Crippen LogP contribution < -0.4 is 0 Å². The third-order valence-corrected chi connectivity index (χ3v) is 7.86. The number of fused-ring (bicyclic) bond motifs is 3. The third-order valence-electron chi connectivity index (χ3n) is 7.86. The molecule has 0 aromatic rings. The minimum atomic E-state index is -2.55. The van der Waals surface area contributed by atoms with E-state index < -0.39 is 63.6 Å². The molecule has 2 aliphatic carbocycles. The van der Waals surface area contributed by atoms with Gasteiger partial charge in [0, 0.05) is 35.5 Å². The fraction of sp³-hybridized carbons (Fsp3) is 0.500. The Hall–Kier alpha value is -2.94. The molecule has 5 atom stereocenters. The van der Waals surface area contributed by atoms with Crippen LogP contribution in [0.25, 0.3) is 0 Å². The minimum Gasteiger partial charge on any atom is -0.511 e. The number of carbonyl (C=O) groups excluding carboxylic acids is 2. The van der Waals surface area contributed by atoms with E-state index in [9.17, 15) is 35.1 Å². The Morgan fingerprint density at radius 3 is 2.33 bits per heavy atom. The highest BCUT2D eigenvalue weighted by molar-refractivity contribution is 6.05. The number of aliphatic hydroxyl groups excluding tert-OH is 3. The summed E-state index contributed by atoms with van der Waals surface area (Å²) in [6.45, 7) is 8.99. The largest absolute Gasteiger partial charge is 0.511 e. The minimum absolute atomic E-state index is 0.0559. The summed E-state index contributed by atoms with van der Waals surface area (Å²) in [6.07, 6.45) is 9.84. The van der Waals surface area contributed by atoms with Crippen LogP contribution in [0.2, 0.25) is 0 Å². The molecule has 0 saturated carbocycles. The normalized spacial score (nSPS) is 38.4. The molecule has 8 heteroatoms. The predicted octanol–water partition coefficient (Wildman–Crippen LogP) is 4.34. The smallest absolute Gasteiger partial charge is 0.209 e. The molecule has 1 saturated heterocycles. The first kappa shape index (κ1) is 27.6. The van der Waals surface area contributed by atoms with Gasteiger partial charge in [0.05, 0.1) is 5.41 Å². The summed E-state index contributed by atoms with van der Waals surface area (Å²) in [6, 6.07) is 0. The van der Waals surface area contributed by atoms with Gasteiger partial charge in [-0.15, -0.1) is 0 Å². The van der Waals surface area contributed by atoms with E-state index in [1.165, 1.54) is 39.8 Å². The zero-order valence-electron chi connectivity index (χ0n) is 21.6. The topological polar surface area (TPSA) is 145 Å². The molecule has 0 bridgehead atoms. The second kappa shape index (κ2) is 9.18. The number of hydrogen-bond donors (Lipinski definition) is 5. The van der Waals surface area contributed by atoms with E-state index in [1.54, 1.807) is 31.2 Å². The third kappa shape index (κ3) is 3.62. The van der Waals surface area contributed by atoms with E-state index >= 15 is 0 Å². The van der Waals surface area contributed by atoms with Crippen LogP contribution in [-0.2, 0) is 14.3 Å². The van der Waals surface area contributed by atoms with Gasteiger partial charge >= 0.3 is 0 Å². The molecule has 196 valence electrons. The molecule has 8 nitrogen and oxygen atoms in total. The van der Waals surface area contributed by atoms with Crippen molar-refractivity contribution in [1.82, 2.24) is 0 Å². The standard InChI is InChI=1S/C28H36O8/c1-7-9-11-13-18(29)17-15-25(4,34)28(35)26(5,24(17)33)22-20(19(30)14-12-10-8-2)21(31)16(3)23(32)27(22,6)36-28/h7-10,12,14,22,30-31,33-35H,11,13,15H2,1-6H3. The Morgan fingerprint density at radius 2 is 1.75 bits per heavy atom. The molecule has 0 radical (unpaired) electrons. The van der Waals surface area contributed by atoms with Gasteiger partial charge in [0.25, 0.3) is 0 Å². The fourth-order valence-electron chi connectivity index (χ4n) is 5.99. The number of rotatable bonds is 6. The van der Waals surface area contributed by atoms with Gasteiger partial charge < -0.3 is 30.3 Å². The maximum Gasteiger partial charge on any atom is 0.209 e. The lowest BCUT2D eigenvalue weighted by molar-refractivity contribution is -0.330. The quantitative estimate of drug-likeness (QED) is 0.206. The van der Waals surface area contributed by atoms with Crippen molar-refractivity contribution in [2.24, 2.45) is 11.3 Å². The number of aliphatic hydroxyl groups is 5. The summed E-state index contributed by atoms with van der Waals surface area (Å²) < 4.78 is 6.01. The number of allylic oxidation sites excluding steroid dienone is 7. The lowest BCUT2D eigenvalue weighted by Crippen LogP contribution is -2.65. The highest BCUT2D eigenvalue weighted by Crippen LogP contribution is 2.68. The van der Waals surface area contributed by atoms with Crippen molar-refractivity contribution in [2.75, 3.05) is 0 Å². The molecular formula is C28H36O8. The number of Topliss-reactive ketones (excluding diaryl/α,β-unsaturated/α-hetero) is 2. The number of carbonyl (C=O) groups is 2. The lowest BCUT2D eigenvalue weighted by Gasteiger charge is -2.51. The number of ketones is 2. The van der Waals surface area contributed by atoms with Gasteiger partial charge in [0.2, 0.25) is 5.79 Å². The van der Waals surface area contributed by atoms with E-state index in [1.807, 2.05) is 6.92 Å². The highest BCUT2D eigenvalue weighted by Gasteiger charge is 2.80. The fourth-order valence-corrected chi connectivity index (χ4v) is 5.99. The molecule has 1 heterocycles. The van der Waals surface area contributed by atoms with Crippen LogP contribution >= 0.6 is 0 Å². The Balaban J connectivity index is 2.38. The van der Waals surface area contributed by atoms with Crippen LogP contribution in [0.4, 0.5) is 0 Å². The average molecular weight is 501 g/mol.